The molecule has 0 spiro atoms. The zero-order valence-electron chi connectivity index (χ0n) is 9.55. The number of halogens is 1. The van der Waals surface area contributed by atoms with Crippen LogP contribution in [0.2, 0.25) is 0 Å². The Morgan fingerprint density at radius 3 is 2.95 bits per heavy atom. The highest BCUT2D eigenvalue weighted by Gasteiger charge is 2.07. The highest BCUT2D eigenvalue weighted by Crippen LogP contribution is 2.25. The average molecular weight is 317 g/mol. The Kier molecular flexibility index (Phi) is 3.78. The number of nitrogens with one attached hydrogen (secondary N) is 1. The third-order valence-electron chi connectivity index (χ3n) is 2.42. The summed E-state index contributed by atoms with van der Waals surface area (Å²) in [6.07, 6.45) is 2.69. The van der Waals surface area contributed by atoms with Gasteiger partial charge in [-0.15, -0.1) is 0 Å². The fourth-order valence-corrected chi connectivity index (χ4v) is 1.97. The summed E-state index contributed by atoms with van der Waals surface area (Å²) in [5, 5.41) is 26.1. The molecule has 1 aromatic heterocycles. The van der Waals surface area contributed by atoms with E-state index in [9.17, 15) is 9.90 Å². The van der Waals surface area contributed by atoms with E-state index in [2.05, 4.69) is 26.1 Å². The van der Waals surface area contributed by atoms with Gasteiger partial charge in [-0.25, -0.2) is 0 Å². The number of hydrogen-bond donors (Lipinski definition) is 1. The van der Waals surface area contributed by atoms with Gasteiger partial charge in [0.05, 0.1) is 23.4 Å². The topological polar surface area (TPSA) is 92.6 Å². The minimum Gasteiger partial charge on any atom is -0.544 e. The van der Waals surface area contributed by atoms with Crippen LogP contribution in [0.25, 0.3) is 17.3 Å². The maximum Gasteiger partial charge on any atom is 0.101 e. The van der Waals surface area contributed by atoms with Crippen molar-refractivity contribution < 1.29 is 9.90 Å². The highest BCUT2D eigenvalue weighted by atomic mass is 79.9. The normalized spacial score (nSPS) is 11.1. The summed E-state index contributed by atoms with van der Waals surface area (Å²) in [7, 11) is 0. The molecular formula is C13H7BrN3O2-. The second-order valence-corrected chi connectivity index (χ2v) is 4.58. The molecule has 0 radical (unpaired) electrons. The Hall–Kier alpha value is -2.39. The molecule has 0 saturated carbocycles. The number of aromatic nitrogens is 2. The number of benzene rings is 1. The fraction of sp³-hybridized carbons (Fsp3) is 0. The van der Waals surface area contributed by atoms with Crippen LogP contribution < -0.4 is 5.11 Å². The standard InChI is InChI=1S/C13H8BrN3O2/c14-11-3-1-2-8(5-11)12-10(7-16-17-12)4-9(6-15)13(18)19/h1-5,7H,(H,16,17)(H,18,19)/p-1/b9-4+. The summed E-state index contributed by atoms with van der Waals surface area (Å²) in [6.45, 7) is 0. The average Bonchev–Trinajstić information content (AvgIpc) is 2.83. The predicted molar refractivity (Wildman–Crippen MR) is 70.3 cm³/mol. The van der Waals surface area contributed by atoms with Crippen LogP contribution in [0.1, 0.15) is 5.56 Å². The van der Waals surface area contributed by atoms with E-state index < -0.39 is 11.5 Å². The molecule has 0 amide bonds. The lowest BCUT2D eigenvalue weighted by Crippen LogP contribution is -2.23. The van der Waals surface area contributed by atoms with Crippen molar-refractivity contribution in [2.24, 2.45) is 0 Å². The van der Waals surface area contributed by atoms with Crippen LogP contribution >= 0.6 is 15.9 Å². The highest BCUT2D eigenvalue weighted by molar-refractivity contribution is 9.10. The molecular weight excluding hydrogens is 310 g/mol. The van der Waals surface area contributed by atoms with Gasteiger partial charge in [0.2, 0.25) is 0 Å². The molecule has 6 heteroatoms. The second kappa shape index (κ2) is 5.50. The molecule has 0 saturated heterocycles. The molecule has 0 aliphatic heterocycles. The first kappa shape index (κ1) is 13.1. The number of H-pyrrole nitrogens is 1. The Morgan fingerprint density at radius 2 is 2.32 bits per heavy atom. The van der Waals surface area contributed by atoms with Gasteiger partial charge in [0.25, 0.3) is 0 Å². The van der Waals surface area contributed by atoms with E-state index in [0.29, 0.717) is 11.3 Å². The van der Waals surface area contributed by atoms with Crippen molar-refractivity contribution in [2.75, 3.05) is 0 Å². The number of nitriles is 1. The van der Waals surface area contributed by atoms with Gasteiger partial charge in [0, 0.05) is 15.6 Å². The van der Waals surface area contributed by atoms with E-state index in [1.54, 1.807) is 6.07 Å². The Labute approximate surface area is 117 Å². The van der Waals surface area contributed by atoms with Crippen molar-refractivity contribution in [1.29, 1.82) is 5.26 Å². The lowest BCUT2D eigenvalue weighted by Gasteiger charge is -2.02. The van der Waals surface area contributed by atoms with Gasteiger partial charge in [0.15, 0.2) is 0 Å². The number of carbonyl (C=O) groups is 1. The van der Waals surface area contributed by atoms with Crippen molar-refractivity contribution in [1.82, 2.24) is 10.2 Å². The lowest BCUT2D eigenvalue weighted by molar-refractivity contribution is -0.298. The SMILES string of the molecule is N#C/C(=C\c1cn[nH]c1-c1cccc(Br)c1)C(=O)[O-]. The zero-order chi connectivity index (χ0) is 13.8. The summed E-state index contributed by atoms with van der Waals surface area (Å²) < 4.78 is 0.884. The molecule has 2 rings (SSSR count). The van der Waals surface area contributed by atoms with Crippen LogP contribution in [0.15, 0.2) is 40.5 Å². The molecule has 19 heavy (non-hydrogen) atoms. The number of carboxylic acid groups (broad SMARTS) is 1. The van der Waals surface area contributed by atoms with Gasteiger partial charge in [0.1, 0.15) is 6.07 Å². The van der Waals surface area contributed by atoms with Crippen LogP contribution in [0.4, 0.5) is 0 Å². The molecule has 0 bridgehead atoms. The van der Waals surface area contributed by atoms with Crippen LogP contribution in [-0.4, -0.2) is 16.2 Å². The third kappa shape index (κ3) is 2.89. The van der Waals surface area contributed by atoms with Crippen molar-refractivity contribution in [3.63, 3.8) is 0 Å². The summed E-state index contributed by atoms with van der Waals surface area (Å²) in [6, 6.07) is 9.00. The molecule has 94 valence electrons. The molecule has 0 atom stereocenters. The largest absolute Gasteiger partial charge is 0.544 e. The molecule has 1 N–H and O–H groups in total. The van der Waals surface area contributed by atoms with E-state index >= 15 is 0 Å². The quantitative estimate of drug-likeness (QED) is 0.686. The predicted octanol–water partition coefficient (Wildman–Crippen LogP) is 1.50. The minimum absolute atomic E-state index is 0.447. The zero-order valence-corrected chi connectivity index (χ0v) is 11.1. The minimum atomic E-state index is -1.51. The van der Waals surface area contributed by atoms with Crippen LogP contribution in [-0.2, 0) is 4.79 Å². The number of aromatic amines is 1. The summed E-state index contributed by atoms with van der Waals surface area (Å²) in [5.74, 6) is -1.51. The first-order valence-corrected chi connectivity index (χ1v) is 6.03. The number of carboxylic acids is 1. The van der Waals surface area contributed by atoms with Gasteiger partial charge in [-0.2, -0.15) is 10.4 Å². The first-order valence-electron chi connectivity index (χ1n) is 5.24. The lowest BCUT2D eigenvalue weighted by atomic mass is 10.1. The summed E-state index contributed by atoms with van der Waals surface area (Å²) >= 11 is 3.35. The van der Waals surface area contributed by atoms with Gasteiger partial charge < -0.3 is 9.90 Å². The van der Waals surface area contributed by atoms with Crippen LogP contribution in [0.3, 0.4) is 0 Å². The summed E-state index contributed by atoms with van der Waals surface area (Å²) in [5.41, 5.74) is 1.53. The Morgan fingerprint density at radius 1 is 1.53 bits per heavy atom. The first-order chi connectivity index (χ1) is 9.11. The van der Waals surface area contributed by atoms with Gasteiger partial charge in [-0.3, -0.25) is 5.10 Å². The molecule has 0 fully saturated rings. The van der Waals surface area contributed by atoms with Gasteiger partial charge in [-0.05, 0) is 18.2 Å². The summed E-state index contributed by atoms with van der Waals surface area (Å²) in [4.78, 5) is 10.7. The smallest absolute Gasteiger partial charge is 0.101 e. The molecule has 0 unspecified atom stereocenters. The van der Waals surface area contributed by atoms with Crippen molar-refractivity contribution in [3.8, 4) is 17.3 Å². The van der Waals surface area contributed by atoms with Crippen molar-refractivity contribution >= 4 is 28.0 Å². The molecule has 2 aromatic rings. The Balaban J connectivity index is 2.50. The van der Waals surface area contributed by atoms with Crippen molar-refractivity contribution in [2.45, 2.75) is 0 Å². The molecule has 1 aromatic carbocycles. The Bertz CT molecular complexity index is 698. The second-order valence-electron chi connectivity index (χ2n) is 3.67. The van der Waals surface area contributed by atoms with E-state index in [-0.39, 0.29) is 0 Å². The number of hydrogen-bond acceptors (Lipinski definition) is 4. The molecule has 1 heterocycles. The number of rotatable bonds is 3. The van der Waals surface area contributed by atoms with E-state index in [1.165, 1.54) is 12.3 Å². The monoisotopic (exact) mass is 316 g/mol. The number of aliphatic carboxylic acids is 1. The van der Waals surface area contributed by atoms with E-state index in [1.807, 2.05) is 24.3 Å². The maximum absolute atomic E-state index is 10.7. The maximum atomic E-state index is 10.7. The van der Waals surface area contributed by atoms with Gasteiger partial charge >= 0.3 is 0 Å². The van der Waals surface area contributed by atoms with Crippen LogP contribution in [0.5, 0.6) is 0 Å². The number of nitrogens with zero attached hydrogens (tertiary/aromatic N) is 2. The molecule has 0 aliphatic rings. The van der Waals surface area contributed by atoms with E-state index in [4.69, 9.17) is 5.26 Å². The van der Waals surface area contributed by atoms with E-state index in [0.717, 1.165) is 10.0 Å². The molecule has 0 aliphatic carbocycles. The fourth-order valence-electron chi connectivity index (χ4n) is 1.57. The molecule has 5 nitrogen and oxygen atoms in total. The third-order valence-corrected chi connectivity index (χ3v) is 2.92. The van der Waals surface area contributed by atoms with Crippen molar-refractivity contribution in [3.05, 3.63) is 46.1 Å². The van der Waals surface area contributed by atoms with Gasteiger partial charge in [-0.1, -0.05) is 28.1 Å². The number of carbonyl (C=O) groups excluding carboxylic acids is 1. The van der Waals surface area contributed by atoms with Crippen LogP contribution in [0, 0.1) is 11.3 Å².